The first-order valence-corrected chi connectivity index (χ1v) is 10.5. The molecule has 1 aliphatic heterocycles. The smallest absolute Gasteiger partial charge is 0.239 e. The number of carbonyl (C=O) groups is 1. The van der Waals surface area contributed by atoms with Gasteiger partial charge in [-0.15, -0.1) is 0 Å². The van der Waals surface area contributed by atoms with Gasteiger partial charge in [-0.05, 0) is 37.9 Å². The van der Waals surface area contributed by atoms with E-state index >= 15 is 0 Å². The van der Waals surface area contributed by atoms with Gasteiger partial charge in [-0.1, -0.05) is 0 Å². The second kappa shape index (κ2) is 11.6. The van der Waals surface area contributed by atoms with Crippen LogP contribution in [-0.4, -0.2) is 94.7 Å². The van der Waals surface area contributed by atoms with Crippen molar-refractivity contribution in [1.82, 2.24) is 20.0 Å². The van der Waals surface area contributed by atoms with E-state index in [1.54, 1.807) is 26.2 Å². The van der Waals surface area contributed by atoms with E-state index in [-0.39, 0.29) is 11.9 Å². The average molecular weight is 420 g/mol. The fourth-order valence-corrected chi connectivity index (χ4v) is 3.85. The van der Waals surface area contributed by atoms with Crippen LogP contribution in [-0.2, 0) is 11.3 Å². The molecule has 2 rings (SSSR count). The largest absolute Gasteiger partial charge is 0.497 e. The molecule has 168 valence electrons. The molecule has 1 aromatic rings. The first-order valence-electron chi connectivity index (χ1n) is 10.5. The van der Waals surface area contributed by atoms with Crippen LogP contribution in [0.2, 0.25) is 0 Å². The van der Waals surface area contributed by atoms with Crippen LogP contribution in [0, 0.1) is 0 Å². The molecular weight excluding hydrogens is 382 g/mol. The summed E-state index contributed by atoms with van der Waals surface area (Å²) < 4.78 is 10.8. The van der Waals surface area contributed by atoms with Gasteiger partial charge in [0.15, 0.2) is 5.96 Å². The maximum absolute atomic E-state index is 12.3. The number of likely N-dealkylation sites (tertiary alicyclic amines) is 1. The standard InChI is InChI=1S/C22H37N5O3/c1-23-22(26(4)16-17-10-11-18(29-5)15-20(17)30-6)24-12-8-14-27-13-7-9-19(27)21(28)25(2)3/h10-11,15,19H,7-9,12-14,16H2,1-6H3,(H,23,24). The summed E-state index contributed by atoms with van der Waals surface area (Å²) >= 11 is 0. The summed E-state index contributed by atoms with van der Waals surface area (Å²) in [7, 11) is 10.8. The molecule has 8 heteroatoms. The van der Waals surface area contributed by atoms with Crippen molar-refractivity contribution >= 4 is 11.9 Å². The summed E-state index contributed by atoms with van der Waals surface area (Å²) in [6.45, 7) is 3.37. The lowest BCUT2D eigenvalue weighted by Crippen LogP contribution is -2.44. The number of benzene rings is 1. The molecule has 1 amide bonds. The molecule has 1 saturated heterocycles. The SMILES string of the molecule is CN=C(NCCCN1CCCC1C(=O)N(C)C)N(C)Cc1ccc(OC)cc1OC. The third-order valence-electron chi connectivity index (χ3n) is 5.47. The van der Waals surface area contributed by atoms with Crippen LogP contribution in [0.15, 0.2) is 23.2 Å². The molecule has 30 heavy (non-hydrogen) atoms. The monoisotopic (exact) mass is 419 g/mol. The van der Waals surface area contributed by atoms with Crippen LogP contribution >= 0.6 is 0 Å². The Bertz CT molecular complexity index is 723. The van der Waals surface area contributed by atoms with Gasteiger partial charge < -0.3 is 24.6 Å². The number of nitrogens with zero attached hydrogens (tertiary/aromatic N) is 4. The van der Waals surface area contributed by atoms with Gasteiger partial charge >= 0.3 is 0 Å². The number of carbonyl (C=O) groups excluding carboxylic acids is 1. The van der Waals surface area contributed by atoms with Gasteiger partial charge in [-0.25, -0.2) is 0 Å². The molecule has 0 saturated carbocycles. The van der Waals surface area contributed by atoms with E-state index in [9.17, 15) is 4.79 Å². The normalized spacial score (nSPS) is 17.0. The molecule has 1 aromatic carbocycles. The van der Waals surface area contributed by atoms with E-state index in [4.69, 9.17) is 9.47 Å². The topological polar surface area (TPSA) is 69.6 Å². The lowest BCUT2D eigenvalue weighted by Gasteiger charge is -2.27. The highest BCUT2D eigenvalue weighted by atomic mass is 16.5. The van der Waals surface area contributed by atoms with Gasteiger partial charge in [0.2, 0.25) is 5.91 Å². The van der Waals surface area contributed by atoms with Crippen LogP contribution in [0.1, 0.15) is 24.8 Å². The molecule has 1 unspecified atom stereocenters. The summed E-state index contributed by atoms with van der Waals surface area (Å²) in [6, 6.07) is 5.87. The molecule has 1 aliphatic rings. The minimum atomic E-state index is 0.0320. The van der Waals surface area contributed by atoms with Crippen LogP contribution in [0.4, 0.5) is 0 Å². The van der Waals surface area contributed by atoms with Crippen molar-refractivity contribution in [2.24, 2.45) is 4.99 Å². The van der Waals surface area contributed by atoms with Gasteiger partial charge in [0.05, 0.1) is 20.3 Å². The van der Waals surface area contributed by atoms with E-state index in [1.165, 1.54) is 0 Å². The van der Waals surface area contributed by atoms with Crippen molar-refractivity contribution in [3.63, 3.8) is 0 Å². The van der Waals surface area contributed by atoms with E-state index in [1.807, 2.05) is 39.3 Å². The van der Waals surface area contributed by atoms with Gasteiger partial charge in [0.1, 0.15) is 11.5 Å². The maximum Gasteiger partial charge on any atom is 0.239 e. The highest BCUT2D eigenvalue weighted by Crippen LogP contribution is 2.25. The highest BCUT2D eigenvalue weighted by molar-refractivity contribution is 5.81. The number of hydrogen-bond acceptors (Lipinski definition) is 5. The number of ether oxygens (including phenoxy) is 2. The van der Waals surface area contributed by atoms with Crippen LogP contribution in [0.3, 0.4) is 0 Å². The van der Waals surface area contributed by atoms with E-state index < -0.39 is 0 Å². The quantitative estimate of drug-likeness (QED) is 0.373. The fourth-order valence-electron chi connectivity index (χ4n) is 3.85. The number of methoxy groups -OCH3 is 2. The molecule has 1 heterocycles. The van der Waals surface area contributed by atoms with Gasteiger partial charge in [-0.3, -0.25) is 14.7 Å². The minimum Gasteiger partial charge on any atom is -0.497 e. The Morgan fingerprint density at radius 3 is 2.67 bits per heavy atom. The van der Waals surface area contributed by atoms with E-state index in [0.29, 0.717) is 6.54 Å². The summed E-state index contributed by atoms with van der Waals surface area (Å²) in [4.78, 5) is 22.8. The first-order chi connectivity index (χ1) is 14.4. The number of rotatable bonds is 9. The second-order valence-corrected chi connectivity index (χ2v) is 7.79. The van der Waals surface area contributed by atoms with E-state index in [0.717, 1.165) is 61.9 Å². The van der Waals surface area contributed by atoms with Crippen LogP contribution < -0.4 is 14.8 Å². The molecular formula is C22H37N5O3. The van der Waals surface area contributed by atoms with Crippen LogP contribution in [0.25, 0.3) is 0 Å². The second-order valence-electron chi connectivity index (χ2n) is 7.79. The molecule has 0 spiro atoms. The number of nitrogens with one attached hydrogen (secondary N) is 1. The van der Waals surface area contributed by atoms with Crippen molar-refractivity contribution in [2.45, 2.75) is 31.8 Å². The number of amides is 1. The third-order valence-corrected chi connectivity index (χ3v) is 5.47. The Morgan fingerprint density at radius 1 is 1.27 bits per heavy atom. The Balaban J connectivity index is 1.84. The summed E-state index contributed by atoms with van der Waals surface area (Å²) in [5.74, 6) is 2.61. The predicted octanol–water partition coefficient (Wildman–Crippen LogP) is 1.65. The molecule has 0 radical (unpaired) electrons. The van der Waals surface area contributed by atoms with E-state index in [2.05, 4.69) is 20.1 Å². The molecule has 0 aliphatic carbocycles. The van der Waals surface area contributed by atoms with Crippen molar-refractivity contribution in [2.75, 3.05) is 62.0 Å². The molecule has 8 nitrogen and oxygen atoms in total. The average Bonchev–Trinajstić information content (AvgIpc) is 3.21. The molecule has 0 bridgehead atoms. The number of guanidine groups is 1. The van der Waals surface area contributed by atoms with Crippen LogP contribution in [0.5, 0.6) is 11.5 Å². The molecule has 0 aromatic heterocycles. The lowest BCUT2D eigenvalue weighted by molar-refractivity contribution is -0.133. The Morgan fingerprint density at radius 2 is 2.03 bits per heavy atom. The summed E-state index contributed by atoms with van der Waals surface area (Å²) in [5, 5.41) is 3.43. The molecule has 1 fully saturated rings. The number of aliphatic imine (C=N–C) groups is 1. The first kappa shape index (κ1) is 23.8. The van der Waals surface area contributed by atoms with Crippen molar-refractivity contribution in [3.05, 3.63) is 23.8 Å². The van der Waals surface area contributed by atoms with Crippen molar-refractivity contribution < 1.29 is 14.3 Å². The van der Waals surface area contributed by atoms with Crippen molar-refractivity contribution in [1.29, 1.82) is 0 Å². The van der Waals surface area contributed by atoms with Gasteiger partial charge in [0.25, 0.3) is 0 Å². The predicted molar refractivity (Wildman–Crippen MR) is 120 cm³/mol. The highest BCUT2D eigenvalue weighted by Gasteiger charge is 2.31. The Hall–Kier alpha value is -2.48. The Kier molecular flexibility index (Phi) is 9.23. The van der Waals surface area contributed by atoms with Gasteiger partial charge in [-0.2, -0.15) is 0 Å². The zero-order valence-electron chi connectivity index (χ0n) is 19.3. The summed E-state index contributed by atoms with van der Waals surface area (Å²) in [5.41, 5.74) is 1.06. The Labute approximate surface area is 180 Å². The lowest BCUT2D eigenvalue weighted by atomic mass is 10.2. The third kappa shape index (κ3) is 6.26. The zero-order chi connectivity index (χ0) is 22.1. The number of likely N-dealkylation sites (N-methyl/N-ethyl adjacent to an activating group) is 1. The minimum absolute atomic E-state index is 0.0320. The fraction of sp³-hybridized carbons (Fsp3) is 0.636. The maximum atomic E-state index is 12.3. The molecule has 1 atom stereocenters. The molecule has 1 N–H and O–H groups in total. The summed E-state index contributed by atoms with van der Waals surface area (Å²) in [6.07, 6.45) is 3.00. The van der Waals surface area contributed by atoms with Crippen molar-refractivity contribution in [3.8, 4) is 11.5 Å². The van der Waals surface area contributed by atoms with Gasteiger partial charge in [0, 0.05) is 59.5 Å². The zero-order valence-corrected chi connectivity index (χ0v) is 19.3. The number of hydrogen-bond donors (Lipinski definition) is 1.